The molecule has 0 radical (unpaired) electrons. The van der Waals surface area contributed by atoms with E-state index < -0.39 is 5.60 Å². The molecule has 0 aliphatic carbocycles. The fourth-order valence-corrected chi connectivity index (χ4v) is 2.67. The van der Waals surface area contributed by atoms with Gasteiger partial charge in [-0.15, -0.1) is 0 Å². The topological polar surface area (TPSA) is 52.5 Å². The summed E-state index contributed by atoms with van der Waals surface area (Å²) in [7, 11) is 4.01. The Morgan fingerprint density at radius 3 is 2.58 bits per heavy atom. The summed E-state index contributed by atoms with van der Waals surface area (Å²) in [6.45, 7) is 4.43. The van der Waals surface area contributed by atoms with Crippen molar-refractivity contribution < 1.29 is 5.11 Å². The van der Waals surface area contributed by atoms with E-state index in [0.29, 0.717) is 0 Å². The molecular weight excluding hydrogens is 240 g/mol. The van der Waals surface area contributed by atoms with Crippen LogP contribution in [0.15, 0.2) is 12.4 Å². The van der Waals surface area contributed by atoms with Gasteiger partial charge in [-0.05, 0) is 45.8 Å². The number of aromatic nitrogens is 2. The molecule has 0 aromatic carbocycles. The number of anilines is 1. The first-order chi connectivity index (χ1) is 8.98. The molecule has 106 valence electrons. The molecule has 0 saturated carbocycles. The molecule has 1 saturated heterocycles. The second kappa shape index (κ2) is 5.84. The third kappa shape index (κ3) is 3.88. The molecule has 2 heterocycles. The number of aryl methyl sites for hydroxylation is 1. The molecule has 1 atom stereocenters. The summed E-state index contributed by atoms with van der Waals surface area (Å²) in [6.07, 6.45) is 6.27. The van der Waals surface area contributed by atoms with E-state index >= 15 is 0 Å². The van der Waals surface area contributed by atoms with Gasteiger partial charge in [-0.3, -0.25) is 0 Å². The lowest BCUT2D eigenvalue weighted by atomic mass is 9.94. The van der Waals surface area contributed by atoms with Crippen LogP contribution in [0.2, 0.25) is 0 Å². The lowest BCUT2D eigenvalue weighted by Crippen LogP contribution is -2.41. The molecule has 5 nitrogen and oxygen atoms in total. The van der Waals surface area contributed by atoms with Crippen molar-refractivity contribution in [1.29, 1.82) is 0 Å². The Bertz CT molecular complexity index is 406. The lowest BCUT2D eigenvalue weighted by Gasteiger charge is -2.29. The van der Waals surface area contributed by atoms with Crippen molar-refractivity contribution in [2.75, 3.05) is 38.6 Å². The predicted octanol–water partition coefficient (Wildman–Crippen LogP) is 1.07. The smallest absolute Gasteiger partial charge is 0.225 e. The van der Waals surface area contributed by atoms with Gasteiger partial charge in [0.2, 0.25) is 5.95 Å². The Hall–Kier alpha value is -1.20. The largest absolute Gasteiger partial charge is 0.388 e. The second-order valence-electron chi connectivity index (χ2n) is 5.86. The standard InChI is InChI=1S/C14H24N4O/c1-12-9-15-13(16-10-12)18-7-4-5-14(19,6-8-18)11-17(2)3/h9-10,19H,4-8,11H2,1-3H3. The molecule has 2 rings (SSSR count). The fraction of sp³-hybridized carbons (Fsp3) is 0.714. The summed E-state index contributed by atoms with van der Waals surface area (Å²) in [6, 6.07) is 0. The fourth-order valence-electron chi connectivity index (χ4n) is 2.67. The Labute approximate surface area is 115 Å². The van der Waals surface area contributed by atoms with Gasteiger partial charge in [-0.25, -0.2) is 9.97 Å². The molecule has 19 heavy (non-hydrogen) atoms. The van der Waals surface area contributed by atoms with Crippen molar-refractivity contribution in [1.82, 2.24) is 14.9 Å². The van der Waals surface area contributed by atoms with Gasteiger partial charge in [0.25, 0.3) is 0 Å². The maximum atomic E-state index is 10.6. The highest BCUT2D eigenvalue weighted by molar-refractivity contribution is 5.30. The minimum Gasteiger partial charge on any atom is -0.388 e. The normalized spacial score (nSPS) is 24.6. The lowest BCUT2D eigenvalue weighted by molar-refractivity contribution is 0.00536. The van der Waals surface area contributed by atoms with Crippen LogP contribution < -0.4 is 4.90 Å². The molecule has 1 unspecified atom stereocenters. The number of nitrogens with zero attached hydrogens (tertiary/aromatic N) is 4. The molecule has 1 N–H and O–H groups in total. The van der Waals surface area contributed by atoms with Crippen LogP contribution in [-0.4, -0.2) is 59.3 Å². The number of aliphatic hydroxyl groups is 1. The maximum absolute atomic E-state index is 10.6. The van der Waals surface area contributed by atoms with Crippen molar-refractivity contribution in [3.05, 3.63) is 18.0 Å². The van der Waals surface area contributed by atoms with E-state index in [-0.39, 0.29) is 0 Å². The van der Waals surface area contributed by atoms with E-state index in [2.05, 4.69) is 19.8 Å². The Morgan fingerprint density at radius 2 is 1.95 bits per heavy atom. The average Bonchev–Trinajstić information content (AvgIpc) is 2.51. The van der Waals surface area contributed by atoms with Crippen LogP contribution in [-0.2, 0) is 0 Å². The molecule has 0 bridgehead atoms. The van der Waals surface area contributed by atoms with Crippen LogP contribution in [0.1, 0.15) is 24.8 Å². The van der Waals surface area contributed by atoms with Gasteiger partial charge < -0.3 is 14.9 Å². The minimum absolute atomic E-state index is 0.580. The minimum atomic E-state index is -0.580. The van der Waals surface area contributed by atoms with Gasteiger partial charge >= 0.3 is 0 Å². The zero-order valence-corrected chi connectivity index (χ0v) is 12.1. The van der Waals surface area contributed by atoms with Crippen molar-refractivity contribution in [2.24, 2.45) is 0 Å². The van der Waals surface area contributed by atoms with Gasteiger partial charge in [0.15, 0.2) is 0 Å². The molecule has 1 aliphatic heterocycles. The first kappa shape index (κ1) is 14.2. The third-order valence-electron chi connectivity index (χ3n) is 3.58. The van der Waals surface area contributed by atoms with Crippen LogP contribution in [0, 0.1) is 6.92 Å². The number of hydrogen-bond donors (Lipinski definition) is 1. The zero-order valence-electron chi connectivity index (χ0n) is 12.1. The monoisotopic (exact) mass is 264 g/mol. The van der Waals surface area contributed by atoms with Gasteiger partial charge in [0.05, 0.1) is 5.60 Å². The zero-order chi connectivity index (χ0) is 13.9. The second-order valence-corrected chi connectivity index (χ2v) is 5.86. The summed E-state index contributed by atoms with van der Waals surface area (Å²) in [4.78, 5) is 13.0. The number of rotatable bonds is 3. The van der Waals surface area contributed by atoms with Crippen LogP contribution in [0.3, 0.4) is 0 Å². The van der Waals surface area contributed by atoms with Crippen LogP contribution in [0.4, 0.5) is 5.95 Å². The van der Waals surface area contributed by atoms with Gasteiger partial charge in [0, 0.05) is 32.0 Å². The number of likely N-dealkylation sites (N-methyl/N-ethyl adjacent to an activating group) is 1. The first-order valence-corrected chi connectivity index (χ1v) is 6.89. The molecule has 0 amide bonds. The van der Waals surface area contributed by atoms with E-state index in [1.54, 1.807) is 0 Å². The predicted molar refractivity (Wildman–Crippen MR) is 76.3 cm³/mol. The molecule has 1 aliphatic rings. The van der Waals surface area contributed by atoms with Crippen molar-refractivity contribution in [2.45, 2.75) is 31.8 Å². The van der Waals surface area contributed by atoms with E-state index in [9.17, 15) is 5.11 Å². The molecule has 5 heteroatoms. The number of hydrogen-bond acceptors (Lipinski definition) is 5. The SMILES string of the molecule is Cc1cnc(N2CCCC(O)(CN(C)C)CC2)nc1. The molecule has 1 aromatic rings. The van der Waals surface area contributed by atoms with Gasteiger partial charge in [-0.2, -0.15) is 0 Å². The summed E-state index contributed by atoms with van der Waals surface area (Å²) in [5, 5.41) is 10.6. The summed E-state index contributed by atoms with van der Waals surface area (Å²) in [5.74, 6) is 0.778. The van der Waals surface area contributed by atoms with Crippen molar-refractivity contribution >= 4 is 5.95 Å². The highest BCUT2D eigenvalue weighted by atomic mass is 16.3. The van der Waals surface area contributed by atoms with E-state index in [1.165, 1.54) is 0 Å². The Morgan fingerprint density at radius 1 is 1.26 bits per heavy atom. The van der Waals surface area contributed by atoms with Crippen molar-refractivity contribution in [3.8, 4) is 0 Å². The first-order valence-electron chi connectivity index (χ1n) is 6.89. The van der Waals surface area contributed by atoms with E-state index in [1.807, 2.05) is 33.4 Å². The quantitative estimate of drug-likeness (QED) is 0.885. The third-order valence-corrected chi connectivity index (χ3v) is 3.58. The highest BCUT2D eigenvalue weighted by Gasteiger charge is 2.31. The Kier molecular flexibility index (Phi) is 4.37. The van der Waals surface area contributed by atoms with Crippen LogP contribution in [0.25, 0.3) is 0 Å². The molecule has 0 spiro atoms. The summed E-state index contributed by atoms with van der Waals surface area (Å²) < 4.78 is 0. The Balaban J connectivity index is 2.02. The van der Waals surface area contributed by atoms with Crippen LogP contribution in [0.5, 0.6) is 0 Å². The summed E-state index contributed by atoms with van der Waals surface area (Å²) >= 11 is 0. The molecular formula is C14H24N4O. The summed E-state index contributed by atoms with van der Waals surface area (Å²) in [5.41, 5.74) is 0.492. The van der Waals surface area contributed by atoms with Gasteiger partial charge in [0.1, 0.15) is 0 Å². The van der Waals surface area contributed by atoms with E-state index in [4.69, 9.17) is 0 Å². The van der Waals surface area contributed by atoms with E-state index in [0.717, 1.165) is 50.4 Å². The van der Waals surface area contributed by atoms with Crippen LogP contribution >= 0.6 is 0 Å². The van der Waals surface area contributed by atoms with Gasteiger partial charge in [-0.1, -0.05) is 0 Å². The molecule has 1 fully saturated rings. The highest BCUT2D eigenvalue weighted by Crippen LogP contribution is 2.24. The average molecular weight is 264 g/mol. The maximum Gasteiger partial charge on any atom is 0.225 e. The van der Waals surface area contributed by atoms with Crippen molar-refractivity contribution in [3.63, 3.8) is 0 Å². The molecule has 1 aromatic heterocycles.